The van der Waals surface area contributed by atoms with Gasteiger partial charge in [-0.15, -0.1) is 0 Å². The predicted octanol–water partition coefficient (Wildman–Crippen LogP) is 4.66. The molecule has 3 aromatic rings. The van der Waals surface area contributed by atoms with Gasteiger partial charge in [-0.05, 0) is 47.9 Å². The molecule has 4 nitrogen and oxygen atoms in total. The molecule has 1 amide bonds. The van der Waals surface area contributed by atoms with Gasteiger partial charge >= 0.3 is 0 Å². The average molecular weight is 408 g/mol. The Kier molecular flexibility index (Phi) is 4.71. The van der Waals surface area contributed by atoms with Gasteiger partial charge in [0.1, 0.15) is 5.82 Å². The van der Waals surface area contributed by atoms with E-state index in [1.54, 1.807) is 12.3 Å². The maximum Gasteiger partial charge on any atom is 0.262 e. The van der Waals surface area contributed by atoms with Crippen LogP contribution in [0.3, 0.4) is 0 Å². The molecule has 130 valence electrons. The number of amides is 1. The molecule has 1 aliphatic rings. The smallest absolute Gasteiger partial charge is 0.262 e. The molecule has 0 spiro atoms. The van der Waals surface area contributed by atoms with E-state index in [1.165, 1.54) is 5.56 Å². The molecule has 0 fully saturated rings. The van der Waals surface area contributed by atoms with E-state index >= 15 is 0 Å². The van der Waals surface area contributed by atoms with Crippen molar-refractivity contribution in [3.05, 3.63) is 88.0 Å². The lowest BCUT2D eigenvalue weighted by Gasteiger charge is -2.19. The number of halogens is 1. The number of pyridine rings is 1. The first kappa shape index (κ1) is 16.8. The zero-order valence-corrected chi connectivity index (χ0v) is 15.7. The van der Waals surface area contributed by atoms with Crippen LogP contribution in [0, 0.1) is 0 Å². The highest BCUT2D eigenvalue weighted by atomic mass is 79.9. The molecular weight excluding hydrogens is 390 g/mol. The van der Waals surface area contributed by atoms with Crippen LogP contribution in [0.2, 0.25) is 0 Å². The Morgan fingerprint density at radius 1 is 1.08 bits per heavy atom. The van der Waals surface area contributed by atoms with Crippen LogP contribution >= 0.6 is 15.9 Å². The van der Waals surface area contributed by atoms with E-state index in [4.69, 9.17) is 0 Å². The molecule has 4 rings (SSSR count). The van der Waals surface area contributed by atoms with Crippen LogP contribution in [-0.4, -0.2) is 17.4 Å². The molecule has 5 heteroatoms. The summed E-state index contributed by atoms with van der Waals surface area (Å²) in [5.41, 5.74) is 3.94. The minimum absolute atomic E-state index is 0.0126. The van der Waals surface area contributed by atoms with E-state index in [1.807, 2.05) is 53.4 Å². The molecule has 0 aliphatic carbocycles. The summed E-state index contributed by atoms with van der Waals surface area (Å²) in [6.45, 7) is 1.32. The Balaban J connectivity index is 1.56. The van der Waals surface area contributed by atoms with E-state index in [-0.39, 0.29) is 5.91 Å². The number of hydrogen-bond acceptors (Lipinski definition) is 3. The van der Waals surface area contributed by atoms with Gasteiger partial charge in [0.05, 0.1) is 5.56 Å². The lowest BCUT2D eigenvalue weighted by Crippen LogP contribution is -2.29. The number of fused-ring (bicyclic) bond motifs is 1. The fourth-order valence-corrected chi connectivity index (χ4v) is 3.47. The number of benzene rings is 2. The summed E-state index contributed by atoms with van der Waals surface area (Å²) in [6.07, 6.45) is 2.60. The maximum atomic E-state index is 13.1. The van der Waals surface area contributed by atoms with Crippen LogP contribution in [0.1, 0.15) is 21.5 Å². The fraction of sp³-hybridized carbons (Fsp3) is 0.143. The van der Waals surface area contributed by atoms with Gasteiger partial charge in [0, 0.05) is 29.4 Å². The molecule has 2 aromatic carbocycles. The van der Waals surface area contributed by atoms with Gasteiger partial charge in [0.2, 0.25) is 0 Å². The second-order valence-corrected chi connectivity index (χ2v) is 7.13. The first-order valence-corrected chi connectivity index (χ1v) is 9.35. The summed E-state index contributed by atoms with van der Waals surface area (Å²) in [6, 6.07) is 19.8. The van der Waals surface area contributed by atoms with Crippen molar-refractivity contribution in [3.8, 4) is 0 Å². The maximum absolute atomic E-state index is 13.1. The van der Waals surface area contributed by atoms with Crippen LogP contribution < -0.4 is 10.2 Å². The van der Waals surface area contributed by atoms with Crippen LogP contribution in [0.25, 0.3) is 0 Å². The lowest BCUT2D eigenvalue weighted by molar-refractivity contribution is 0.0990. The Morgan fingerprint density at radius 2 is 1.88 bits per heavy atom. The molecule has 1 aromatic heterocycles. The lowest BCUT2D eigenvalue weighted by atomic mass is 10.1. The highest BCUT2D eigenvalue weighted by Gasteiger charge is 2.26. The number of hydrogen-bond donors (Lipinski definition) is 1. The number of nitrogens with one attached hydrogen (secondary N) is 1. The van der Waals surface area contributed by atoms with Crippen molar-refractivity contribution < 1.29 is 4.79 Å². The van der Waals surface area contributed by atoms with Crippen molar-refractivity contribution in [2.45, 2.75) is 13.0 Å². The molecule has 0 atom stereocenters. The first-order valence-electron chi connectivity index (χ1n) is 8.55. The summed E-state index contributed by atoms with van der Waals surface area (Å²) >= 11 is 3.44. The quantitative estimate of drug-likeness (QED) is 0.683. The minimum Gasteiger partial charge on any atom is -0.365 e. The summed E-state index contributed by atoms with van der Waals surface area (Å²) < 4.78 is 1.04. The van der Waals surface area contributed by atoms with E-state index < -0.39 is 0 Å². The molecule has 1 aliphatic heterocycles. The number of rotatable bonds is 4. The largest absolute Gasteiger partial charge is 0.365 e. The molecule has 2 heterocycles. The number of carbonyl (C=O) groups is 1. The molecule has 26 heavy (non-hydrogen) atoms. The highest BCUT2D eigenvalue weighted by molar-refractivity contribution is 9.10. The monoisotopic (exact) mass is 407 g/mol. The van der Waals surface area contributed by atoms with Crippen molar-refractivity contribution in [1.82, 2.24) is 4.98 Å². The van der Waals surface area contributed by atoms with Gasteiger partial charge in [-0.1, -0.05) is 46.3 Å². The van der Waals surface area contributed by atoms with Gasteiger partial charge in [0.25, 0.3) is 5.91 Å². The van der Waals surface area contributed by atoms with E-state index in [0.717, 1.165) is 22.1 Å². The zero-order valence-electron chi connectivity index (χ0n) is 14.2. The summed E-state index contributed by atoms with van der Waals surface area (Å²) in [5.74, 6) is 0.603. The molecule has 1 N–H and O–H groups in total. The number of aromatic nitrogens is 1. The van der Waals surface area contributed by atoms with Crippen LogP contribution in [-0.2, 0) is 13.0 Å². The van der Waals surface area contributed by atoms with Crippen molar-refractivity contribution in [3.63, 3.8) is 0 Å². The zero-order chi connectivity index (χ0) is 17.9. The van der Waals surface area contributed by atoms with Crippen molar-refractivity contribution >= 4 is 33.3 Å². The van der Waals surface area contributed by atoms with Gasteiger partial charge < -0.3 is 10.2 Å². The van der Waals surface area contributed by atoms with Crippen molar-refractivity contribution in [1.29, 1.82) is 0 Å². The third kappa shape index (κ3) is 3.35. The second kappa shape index (κ2) is 7.30. The van der Waals surface area contributed by atoms with Gasteiger partial charge in [0.15, 0.2) is 0 Å². The first-order chi connectivity index (χ1) is 12.7. The summed E-state index contributed by atoms with van der Waals surface area (Å²) in [7, 11) is 0. The standard InChI is InChI=1S/C21H18BrN3O/c22-17-9-7-15(8-10-17)14-24-20-18(5-3-12-23-20)21(26)25-13-11-16-4-1-2-6-19(16)25/h1-10,12H,11,13-14H2,(H,23,24). The van der Waals surface area contributed by atoms with Crippen LogP contribution in [0.4, 0.5) is 11.5 Å². The number of nitrogens with zero attached hydrogens (tertiary/aromatic N) is 2. The number of para-hydroxylation sites is 1. The highest BCUT2D eigenvalue weighted by Crippen LogP contribution is 2.30. The Labute approximate surface area is 161 Å². The normalized spacial score (nSPS) is 12.7. The second-order valence-electron chi connectivity index (χ2n) is 6.22. The van der Waals surface area contributed by atoms with Crippen LogP contribution in [0.5, 0.6) is 0 Å². The van der Waals surface area contributed by atoms with Crippen LogP contribution in [0.15, 0.2) is 71.3 Å². The molecule has 0 unspecified atom stereocenters. The topological polar surface area (TPSA) is 45.2 Å². The van der Waals surface area contributed by atoms with Gasteiger partial charge in [-0.2, -0.15) is 0 Å². The molecule has 0 saturated heterocycles. The molecular formula is C21H18BrN3O. The summed E-state index contributed by atoms with van der Waals surface area (Å²) in [5, 5.41) is 3.30. The summed E-state index contributed by atoms with van der Waals surface area (Å²) in [4.78, 5) is 19.4. The average Bonchev–Trinajstić information content (AvgIpc) is 3.11. The Hall–Kier alpha value is -2.66. The Bertz CT molecular complexity index is 940. The third-order valence-corrected chi connectivity index (χ3v) is 5.07. The number of carbonyl (C=O) groups excluding carboxylic acids is 1. The number of anilines is 2. The molecule has 0 saturated carbocycles. The molecule has 0 radical (unpaired) electrons. The Morgan fingerprint density at radius 3 is 2.73 bits per heavy atom. The van der Waals surface area contributed by atoms with Gasteiger partial charge in [-0.3, -0.25) is 4.79 Å². The third-order valence-electron chi connectivity index (χ3n) is 4.54. The molecule has 0 bridgehead atoms. The minimum atomic E-state index is -0.0126. The predicted molar refractivity (Wildman–Crippen MR) is 108 cm³/mol. The SMILES string of the molecule is O=C(c1cccnc1NCc1ccc(Br)cc1)N1CCc2ccccc21. The van der Waals surface area contributed by atoms with E-state index in [0.29, 0.717) is 24.5 Å². The van der Waals surface area contributed by atoms with Gasteiger partial charge in [-0.25, -0.2) is 4.98 Å². The van der Waals surface area contributed by atoms with E-state index in [2.05, 4.69) is 32.3 Å². The van der Waals surface area contributed by atoms with E-state index in [9.17, 15) is 4.79 Å². The van der Waals surface area contributed by atoms with Crippen molar-refractivity contribution in [2.75, 3.05) is 16.8 Å². The van der Waals surface area contributed by atoms with Crippen molar-refractivity contribution in [2.24, 2.45) is 0 Å². The fourth-order valence-electron chi connectivity index (χ4n) is 3.20.